The van der Waals surface area contributed by atoms with E-state index >= 15 is 0 Å². The Morgan fingerprint density at radius 2 is 1.84 bits per heavy atom. The molecule has 7 nitrogen and oxygen atoms in total. The summed E-state index contributed by atoms with van der Waals surface area (Å²) in [5, 5.41) is 16.1. The van der Waals surface area contributed by atoms with Gasteiger partial charge >= 0.3 is 0 Å². The molecule has 0 saturated heterocycles. The summed E-state index contributed by atoms with van der Waals surface area (Å²) in [6.07, 6.45) is 1.59. The van der Waals surface area contributed by atoms with Gasteiger partial charge in [-0.25, -0.2) is 0 Å². The van der Waals surface area contributed by atoms with Crippen LogP contribution in [0.25, 0.3) is 0 Å². The van der Waals surface area contributed by atoms with Crippen molar-refractivity contribution < 1.29 is 19.5 Å². The monoisotopic (exact) mass is 347 g/mol. The zero-order chi connectivity index (χ0) is 19.1. The van der Waals surface area contributed by atoms with Crippen LogP contribution in [0, 0.1) is 5.92 Å². The number of hydrogen-bond acceptors (Lipinski definition) is 6. The van der Waals surface area contributed by atoms with E-state index in [1.807, 2.05) is 20.8 Å². The summed E-state index contributed by atoms with van der Waals surface area (Å²) < 4.78 is 0. The number of phenols is 1. The highest BCUT2D eigenvalue weighted by Crippen LogP contribution is 2.29. The van der Waals surface area contributed by atoms with Gasteiger partial charge in [0.05, 0.1) is 11.3 Å². The first-order chi connectivity index (χ1) is 11.7. The number of hydrogen-bond donors (Lipinski definition) is 3. The van der Waals surface area contributed by atoms with Crippen LogP contribution < -0.4 is 10.6 Å². The summed E-state index contributed by atoms with van der Waals surface area (Å²) in [6, 6.07) is 4.64. The van der Waals surface area contributed by atoms with Crippen molar-refractivity contribution in [3.8, 4) is 5.75 Å². The Labute approximate surface area is 147 Å². The van der Waals surface area contributed by atoms with Gasteiger partial charge < -0.3 is 20.6 Å². The molecule has 3 N–H and O–H groups in total. The molecule has 136 valence electrons. The molecule has 0 spiro atoms. The normalized spacial score (nSPS) is 12.5. The Kier molecular flexibility index (Phi) is 7.17. The second-order valence-corrected chi connectivity index (χ2v) is 6.27. The smallest absolute Gasteiger partial charge is 0.257 e. The number of para-hydroxylation sites is 1. The van der Waals surface area contributed by atoms with Gasteiger partial charge in [0, 0.05) is 26.3 Å². The number of anilines is 1. The number of Topliss-reactive ketones (excluding diaryl/α,β-unsaturated/α-hetero) is 1. The number of carbonyl (C=O) groups excluding carboxylic acids is 3. The van der Waals surface area contributed by atoms with Gasteiger partial charge in [-0.1, -0.05) is 19.9 Å². The van der Waals surface area contributed by atoms with Crippen molar-refractivity contribution in [2.24, 2.45) is 5.92 Å². The zero-order valence-corrected chi connectivity index (χ0v) is 15.2. The summed E-state index contributed by atoms with van der Waals surface area (Å²) >= 11 is 0. The van der Waals surface area contributed by atoms with Gasteiger partial charge in [-0.15, -0.1) is 0 Å². The predicted octanol–water partition coefficient (Wildman–Crippen LogP) is 1.75. The maximum absolute atomic E-state index is 12.1. The molecule has 0 unspecified atom stereocenters. The molecule has 1 atom stereocenters. The number of aromatic hydroxyl groups is 1. The molecule has 0 aliphatic heterocycles. The van der Waals surface area contributed by atoms with E-state index < -0.39 is 5.78 Å². The number of benzene rings is 1. The number of rotatable bonds is 8. The average Bonchev–Trinajstić information content (AvgIpc) is 2.57. The minimum atomic E-state index is -0.771. The number of allylic oxidation sites excluding steroid dienone is 1. The Bertz CT molecular complexity index is 681. The maximum atomic E-state index is 12.1. The van der Waals surface area contributed by atoms with Gasteiger partial charge in [0.2, 0.25) is 5.78 Å². The molecule has 7 heteroatoms. The number of phenolic OH excluding ortho intramolecular Hbond substituents is 1. The van der Waals surface area contributed by atoms with Gasteiger partial charge in [-0.05, 0) is 25.0 Å². The third-order valence-corrected chi connectivity index (χ3v) is 3.81. The molecule has 1 rings (SSSR count). The third-order valence-electron chi connectivity index (χ3n) is 3.81. The highest BCUT2D eigenvalue weighted by Gasteiger charge is 2.18. The minimum Gasteiger partial charge on any atom is -0.505 e. The molecule has 1 aromatic carbocycles. The van der Waals surface area contributed by atoms with Crippen molar-refractivity contribution in [1.82, 2.24) is 10.2 Å². The van der Waals surface area contributed by atoms with Crippen LogP contribution in [0.5, 0.6) is 5.75 Å². The summed E-state index contributed by atoms with van der Waals surface area (Å²) in [5.74, 6) is -1.12. The first-order valence-electron chi connectivity index (χ1n) is 7.95. The Hall–Kier alpha value is -2.83. The molecule has 0 fully saturated rings. The molecule has 1 amide bonds. The van der Waals surface area contributed by atoms with Crippen LogP contribution in [0.3, 0.4) is 0 Å². The minimum absolute atomic E-state index is 0.0211. The molecule has 0 radical (unpaired) electrons. The van der Waals surface area contributed by atoms with E-state index in [9.17, 15) is 19.5 Å². The van der Waals surface area contributed by atoms with Gasteiger partial charge in [0.25, 0.3) is 5.91 Å². The van der Waals surface area contributed by atoms with Gasteiger partial charge in [0.1, 0.15) is 5.70 Å². The van der Waals surface area contributed by atoms with E-state index in [1.165, 1.54) is 23.2 Å². The fourth-order valence-electron chi connectivity index (χ4n) is 1.84. The van der Waals surface area contributed by atoms with E-state index in [-0.39, 0.29) is 40.9 Å². The second-order valence-electron chi connectivity index (χ2n) is 6.27. The largest absolute Gasteiger partial charge is 0.505 e. The summed E-state index contributed by atoms with van der Waals surface area (Å²) in [7, 11) is 3.14. The van der Waals surface area contributed by atoms with Crippen molar-refractivity contribution in [2.45, 2.75) is 26.8 Å². The Morgan fingerprint density at radius 1 is 1.20 bits per heavy atom. The van der Waals surface area contributed by atoms with Crippen molar-refractivity contribution in [3.63, 3.8) is 0 Å². The lowest BCUT2D eigenvalue weighted by atomic mass is 10.1. The van der Waals surface area contributed by atoms with Crippen molar-refractivity contribution in [3.05, 3.63) is 35.7 Å². The number of nitrogens with zero attached hydrogens (tertiary/aromatic N) is 1. The van der Waals surface area contributed by atoms with Crippen LogP contribution in [0.4, 0.5) is 5.69 Å². The Balaban J connectivity index is 3.15. The molecular weight excluding hydrogens is 322 g/mol. The molecule has 0 saturated carbocycles. The van der Waals surface area contributed by atoms with Crippen molar-refractivity contribution >= 4 is 23.7 Å². The van der Waals surface area contributed by atoms with E-state index in [0.29, 0.717) is 5.92 Å². The molecular formula is C18H25N3O4. The van der Waals surface area contributed by atoms with Crippen LogP contribution in [-0.4, -0.2) is 48.1 Å². The van der Waals surface area contributed by atoms with E-state index in [1.54, 1.807) is 20.2 Å². The fraction of sp³-hybridized carbons (Fsp3) is 0.389. The SMILES string of the molecule is CC(C)[C@H](C)N/C=C(\Nc1cccc(C(=O)N(C)C)c1O)C(=O)C=O. The van der Waals surface area contributed by atoms with Crippen LogP contribution in [0.2, 0.25) is 0 Å². The fourth-order valence-corrected chi connectivity index (χ4v) is 1.84. The van der Waals surface area contributed by atoms with Crippen LogP contribution in [0.15, 0.2) is 30.1 Å². The zero-order valence-electron chi connectivity index (χ0n) is 15.2. The topological polar surface area (TPSA) is 98.7 Å². The lowest BCUT2D eigenvalue weighted by Gasteiger charge is -2.18. The summed E-state index contributed by atoms with van der Waals surface area (Å²) in [4.78, 5) is 36.1. The molecule has 1 aromatic rings. The maximum Gasteiger partial charge on any atom is 0.257 e. The average molecular weight is 347 g/mol. The second kappa shape index (κ2) is 8.86. The first-order valence-corrected chi connectivity index (χ1v) is 7.95. The quantitative estimate of drug-likeness (QED) is 0.287. The Morgan fingerprint density at radius 3 is 2.36 bits per heavy atom. The van der Waals surface area contributed by atoms with Crippen molar-refractivity contribution in [2.75, 3.05) is 19.4 Å². The van der Waals surface area contributed by atoms with Gasteiger partial charge in [-0.3, -0.25) is 14.4 Å². The van der Waals surface area contributed by atoms with E-state index in [4.69, 9.17) is 0 Å². The van der Waals surface area contributed by atoms with Gasteiger partial charge in [0.15, 0.2) is 12.0 Å². The highest BCUT2D eigenvalue weighted by molar-refractivity contribution is 6.33. The molecule has 0 aliphatic carbocycles. The predicted molar refractivity (Wildman–Crippen MR) is 96.3 cm³/mol. The van der Waals surface area contributed by atoms with Crippen molar-refractivity contribution in [1.29, 1.82) is 0 Å². The van der Waals surface area contributed by atoms with Gasteiger partial charge in [-0.2, -0.15) is 0 Å². The number of aldehydes is 1. The van der Waals surface area contributed by atoms with Crippen LogP contribution in [0.1, 0.15) is 31.1 Å². The third kappa shape index (κ3) is 5.34. The number of ketones is 1. The number of amides is 1. The van der Waals surface area contributed by atoms with E-state index in [2.05, 4.69) is 10.6 Å². The lowest BCUT2D eigenvalue weighted by Crippen LogP contribution is -2.28. The lowest BCUT2D eigenvalue weighted by molar-refractivity contribution is -0.127. The molecule has 0 bridgehead atoms. The summed E-state index contributed by atoms with van der Waals surface area (Å²) in [6.45, 7) is 5.97. The number of carbonyl (C=O) groups is 3. The standard InChI is InChI=1S/C18H25N3O4/c1-11(2)12(3)19-9-15(16(23)10-22)20-14-8-6-7-13(17(14)24)18(25)21(4)5/h6-12,19-20,24H,1-5H3/b15-9-/t12-/m0/s1. The van der Waals surface area contributed by atoms with E-state index in [0.717, 1.165) is 0 Å². The molecule has 0 aromatic heterocycles. The summed E-state index contributed by atoms with van der Waals surface area (Å²) in [5.41, 5.74) is 0.233. The first kappa shape index (κ1) is 20.2. The van der Waals surface area contributed by atoms with Crippen LogP contribution in [-0.2, 0) is 9.59 Å². The van der Waals surface area contributed by atoms with Crippen LogP contribution >= 0.6 is 0 Å². The molecule has 0 aliphatic rings. The molecule has 0 heterocycles. The number of nitrogens with one attached hydrogen (secondary N) is 2. The molecule has 25 heavy (non-hydrogen) atoms. The highest BCUT2D eigenvalue weighted by atomic mass is 16.3.